The van der Waals surface area contributed by atoms with E-state index in [1.165, 1.54) is 4.57 Å². The lowest BCUT2D eigenvalue weighted by atomic mass is 10.2. The molecule has 1 aliphatic rings. The van der Waals surface area contributed by atoms with Crippen molar-refractivity contribution in [2.24, 2.45) is 0 Å². The van der Waals surface area contributed by atoms with Crippen molar-refractivity contribution < 1.29 is 13.2 Å². The van der Waals surface area contributed by atoms with E-state index in [1.807, 2.05) is 54.6 Å². The van der Waals surface area contributed by atoms with Gasteiger partial charge >= 0.3 is 0 Å². The van der Waals surface area contributed by atoms with E-state index in [4.69, 9.17) is 0 Å². The Bertz CT molecular complexity index is 1380. The molecule has 5 rings (SSSR count). The molecule has 6 nitrogen and oxygen atoms in total. The SMILES string of the molecule is O=C(Cn1c(S(=O)(=O)Cc2ccccc2)nc2ccccc21)N1CCc2ccccc21. The van der Waals surface area contributed by atoms with Gasteiger partial charge in [0.25, 0.3) is 0 Å². The Kier molecular flexibility index (Phi) is 4.82. The molecule has 4 aromatic rings. The Morgan fingerprint density at radius 1 is 0.903 bits per heavy atom. The second-order valence-corrected chi connectivity index (χ2v) is 9.52. The molecule has 0 atom stereocenters. The first kappa shape index (κ1) is 19.5. The molecule has 0 saturated heterocycles. The zero-order valence-electron chi connectivity index (χ0n) is 16.8. The summed E-state index contributed by atoms with van der Waals surface area (Å²) in [5.41, 5.74) is 3.90. The molecule has 0 unspecified atom stereocenters. The van der Waals surface area contributed by atoms with Crippen LogP contribution in [0.4, 0.5) is 5.69 Å². The van der Waals surface area contributed by atoms with Gasteiger partial charge in [0, 0.05) is 12.2 Å². The Labute approximate surface area is 180 Å². The number of nitrogens with zero attached hydrogens (tertiary/aromatic N) is 3. The number of fused-ring (bicyclic) bond motifs is 2. The van der Waals surface area contributed by atoms with Crippen LogP contribution in [-0.4, -0.2) is 30.4 Å². The number of para-hydroxylation sites is 3. The van der Waals surface area contributed by atoms with E-state index in [9.17, 15) is 13.2 Å². The first-order chi connectivity index (χ1) is 15.0. The highest BCUT2D eigenvalue weighted by Crippen LogP contribution is 2.29. The number of hydrogen-bond acceptors (Lipinski definition) is 4. The lowest BCUT2D eigenvalue weighted by molar-refractivity contribution is -0.119. The van der Waals surface area contributed by atoms with Crippen LogP contribution in [0.1, 0.15) is 11.1 Å². The summed E-state index contributed by atoms with van der Waals surface area (Å²) in [4.78, 5) is 19.4. The maximum Gasteiger partial charge on any atom is 0.247 e. The second-order valence-electron chi connectivity index (χ2n) is 7.64. The molecule has 156 valence electrons. The molecule has 0 N–H and O–H groups in total. The lowest BCUT2D eigenvalue weighted by Crippen LogP contribution is -2.33. The molecule has 0 fully saturated rings. The fourth-order valence-corrected chi connectivity index (χ4v) is 5.62. The number of rotatable bonds is 5. The quantitative estimate of drug-likeness (QED) is 0.484. The van der Waals surface area contributed by atoms with Crippen molar-refractivity contribution in [1.82, 2.24) is 9.55 Å². The van der Waals surface area contributed by atoms with Crippen LogP contribution in [0.15, 0.2) is 84.0 Å². The predicted molar refractivity (Wildman–Crippen MR) is 120 cm³/mol. The predicted octanol–water partition coefficient (Wildman–Crippen LogP) is 3.60. The summed E-state index contributed by atoms with van der Waals surface area (Å²) in [5, 5.41) is -0.0709. The number of amides is 1. The summed E-state index contributed by atoms with van der Waals surface area (Å²) < 4.78 is 28.1. The molecule has 1 aliphatic heterocycles. The van der Waals surface area contributed by atoms with Crippen LogP contribution in [0.25, 0.3) is 11.0 Å². The van der Waals surface area contributed by atoms with Crippen LogP contribution in [0.3, 0.4) is 0 Å². The maximum atomic E-state index is 13.3. The number of benzene rings is 3. The van der Waals surface area contributed by atoms with Crippen LogP contribution in [-0.2, 0) is 33.4 Å². The molecule has 31 heavy (non-hydrogen) atoms. The van der Waals surface area contributed by atoms with Gasteiger partial charge in [-0.1, -0.05) is 60.7 Å². The van der Waals surface area contributed by atoms with Gasteiger partial charge < -0.3 is 9.47 Å². The molecule has 2 heterocycles. The first-order valence-corrected chi connectivity index (χ1v) is 11.8. The number of imidazole rings is 1. The molecule has 1 aromatic heterocycles. The van der Waals surface area contributed by atoms with Gasteiger partial charge in [-0.3, -0.25) is 4.79 Å². The molecule has 3 aromatic carbocycles. The minimum absolute atomic E-state index is 0.0709. The van der Waals surface area contributed by atoms with E-state index >= 15 is 0 Å². The van der Waals surface area contributed by atoms with Crippen molar-refractivity contribution in [2.45, 2.75) is 23.9 Å². The average molecular weight is 432 g/mol. The second kappa shape index (κ2) is 7.67. The largest absolute Gasteiger partial charge is 0.310 e. The number of carbonyl (C=O) groups is 1. The van der Waals surface area contributed by atoms with Crippen molar-refractivity contribution >= 4 is 32.5 Å². The van der Waals surface area contributed by atoms with E-state index in [2.05, 4.69) is 4.98 Å². The topological polar surface area (TPSA) is 72.3 Å². The third-order valence-electron chi connectivity index (χ3n) is 5.58. The number of aromatic nitrogens is 2. The van der Waals surface area contributed by atoms with Gasteiger partial charge in [-0.15, -0.1) is 0 Å². The number of anilines is 1. The Balaban J connectivity index is 1.53. The number of hydrogen-bond donors (Lipinski definition) is 0. The van der Waals surface area contributed by atoms with E-state index in [1.54, 1.807) is 29.2 Å². The van der Waals surface area contributed by atoms with Crippen LogP contribution >= 0.6 is 0 Å². The number of carbonyl (C=O) groups excluding carboxylic acids is 1. The summed E-state index contributed by atoms with van der Waals surface area (Å²) in [6.45, 7) is 0.509. The van der Waals surface area contributed by atoms with E-state index in [0.29, 0.717) is 23.1 Å². The summed E-state index contributed by atoms with van der Waals surface area (Å²) in [6.07, 6.45) is 0.797. The fraction of sp³-hybridized carbons (Fsp3) is 0.167. The van der Waals surface area contributed by atoms with Crippen LogP contribution in [0.5, 0.6) is 0 Å². The zero-order chi connectivity index (χ0) is 21.4. The molecular weight excluding hydrogens is 410 g/mol. The molecule has 0 saturated carbocycles. The molecule has 0 spiro atoms. The summed E-state index contributed by atoms with van der Waals surface area (Å²) in [5.74, 6) is -0.318. The van der Waals surface area contributed by atoms with Gasteiger partial charge in [0.2, 0.25) is 20.9 Å². The van der Waals surface area contributed by atoms with E-state index in [0.717, 1.165) is 17.7 Å². The average Bonchev–Trinajstić information content (AvgIpc) is 3.37. The molecule has 0 bridgehead atoms. The Morgan fingerprint density at radius 2 is 1.61 bits per heavy atom. The molecule has 0 aliphatic carbocycles. The van der Waals surface area contributed by atoms with Crippen LogP contribution in [0.2, 0.25) is 0 Å². The van der Waals surface area contributed by atoms with Gasteiger partial charge in [0.1, 0.15) is 6.54 Å². The Hall–Kier alpha value is -3.45. The molecule has 0 radical (unpaired) electrons. The van der Waals surface area contributed by atoms with Crippen molar-refractivity contribution in [3.8, 4) is 0 Å². The normalized spacial score (nSPS) is 13.5. The fourth-order valence-electron chi connectivity index (χ4n) is 4.12. The molecular formula is C24H21N3O3S. The highest BCUT2D eigenvalue weighted by molar-refractivity contribution is 7.90. The smallest absolute Gasteiger partial charge is 0.247 e. The molecule has 7 heteroatoms. The standard InChI is InChI=1S/C24H21N3O3S/c28-23(26-15-14-19-10-4-6-12-21(19)26)16-27-22-13-7-5-11-20(22)25-24(27)31(29,30)17-18-8-2-1-3-9-18/h1-13H,14-17H2. The summed E-state index contributed by atoms with van der Waals surface area (Å²) in [7, 11) is -3.75. The van der Waals surface area contributed by atoms with Gasteiger partial charge in [-0.25, -0.2) is 13.4 Å². The van der Waals surface area contributed by atoms with Crippen molar-refractivity contribution in [3.05, 3.63) is 90.0 Å². The highest BCUT2D eigenvalue weighted by atomic mass is 32.2. The van der Waals surface area contributed by atoms with Crippen LogP contribution in [0, 0.1) is 0 Å². The minimum atomic E-state index is -3.75. The van der Waals surface area contributed by atoms with Crippen LogP contribution < -0.4 is 4.90 Å². The summed E-state index contributed by atoms with van der Waals surface area (Å²) in [6, 6.07) is 24.0. The van der Waals surface area contributed by atoms with Crippen molar-refractivity contribution in [1.29, 1.82) is 0 Å². The Morgan fingerprint density at radius 3 is 2.45 bits per heavy atom. The third kappa shape index (κ3) is 3.61. The number of sulfone groups is 1. The van der Waals surface area contributed by atoms with Crippen molar-refractivity contribution in [2.75, 3.05) is 11.4 Å². The lowest BCUT2D eigenvalue weighted by Gasteiger charge is -2.19. The third-order valence-corrected chi connectivity index (χ3v) is 7.16. The highest BCUT2D eigenvalue weighted by Gasteiger charge is 2.29. The van der Waals surface area contributed by atoms with Gasteiger partial charge in [0.15, 0.2) is 0 Å². The minimum Gasteiger partial charge on any atom is -0.310 e. The van der Waals surface area contributed by atoms with E-state index in [-0.39, 0.29) is 23.4 Å². The van der Waals surface area contributed by atoms with Gasteiger partial charge in [-0.2, -0.15) is 0 Å². The van der Waals surface area contributed by atoms with Crippen molar-refractivity contribution in [3.63, 3.8) is 0 Å². The van der Waals surface area contributed by atoms with Gasteiger partial charge in [0.05, 0.1) is 16.8 Å². The van der Waals surface area contributed by atoms with E-state index < -0.39 is 9.84 Å². The first-order valence-electron chi connectivity index (χ1n) is 10.1. The monoisotopic (exact) mass is 431 g/mol. The van der Waals surface area contributed by atoms with Gasteiger partial charge in [-0.05, 0) is 35.7 Å². The molecule has 1 amide bonds. The maximum absolute atomic E-state index is 13.3. The summed E-state index contributed by atoms with van der Waals surface area (Å²) >= 11 is 0. The zero-order valence-corrected chi connectivity index (χ0v) is 17.6.